The van der Waals surface area contributed by atoms with Crippen molar-refractivity contribution in [2.45, 2.75) is 32.7 Å². The molecule has 1 N–H and O–H groups in total. The van der Waals surface area contributed by atoms with E-state index in [1.807, 2.05) is 6.92 Å². The number of piperidine rings is 1. The first-order valence-electron chi connectivity index (χ1n) is 6.98. The van der Waals surface area contributed by atoms with Gasteiger partial charge in [0, 0.05) is 5.56 Å². The lowest BCUT2D eigenvalue weighted by Gasteiger charge is -2.26. The second-order valence-electron chi connectivity index (χ2n) is 5.47. The lowest BCUT2D eigenvalue weighted by atomic mass is 9.93. The summed E-state index contributed by atoms with van der Waals surface area (Å²) in [6.45, 7) is 5.00. The van der Waals surface area contributed by atoms with E-state index in [4.69, 9.17) is 4.52 Å². The van der Waals surface area contributed by atoms with Crippen molar-refractivity contribution in [2.75, 3.05) is 6.54 Å². The SMILES string of the molecule is Cc1cc(F)ccc1-c1noc(C2NCCCC2C)n1. The van der Waals surface area contributed by atoms with Crippen molar-refractivity contribution in [1.82, 2.24) is 15.5 Å². The minimum atomic E-state index is -0.252. The largest absolute Gasteiger partial charge is 0.337 e. The number of nitrogens with one attached hydrogen (secondary N) is 1. The molecule has 0 spiro atoms. The monoisotopic (exact) mass is 275 g/mol. The van der Waals surface area contributed by atoms with Crippen LogP contribution in [0, 0.1) is 18.7 Å². The molecular formula is C15H18FN3O. The quantitative estimate of drug-likeness (QED) is 0.914. The van der Waals surface area contributed by atoms with Gasteiger partial charge in [0.15, 0.2) is 0 Å². The van der Waals surface area contributed by atoms with Gasteiger partial charge in [-0.15, -0.1) is 0 Å². The van der Waals surface area contributed by atoms with Gasteiger partial charge in [0.2, 0.25) is 11.7 Å². The topological polar surface area (TPSA) is 51.0 Å². The normalized spacial score (nSPS) is 22.9. The number of benzene rings is 1. The van der Waals surface area contributed by atoms with Gasteiger partial charge in [-0.1, -0.05) is 12.1 Å². The van der Waals surface area contributed by atoms with Crippen molar-refractivity contribution in [2.24, 2.45) is 5.92 Å². The minimum absolute atomic E-state index is 0.116. The highest BCUT2D eigenvalue weighted by atomic mass is 19.1. The Balaban J connectivity index is 1.89. The molecule has 5 heteroatoms. The molecule has 0 aliphatic carbocycles. The molecule has 0 amide bonds. The van der Waals surface area contributed by atoms with E-state index in [2.05, 4.69) is 22.4 Å². The van der Waals surface area contributed by atoms with Crippen LogP contribution in [0.2, 0.25) is 0 Å². The van der Waals surface area contributed by atoms with E-state index in [0.717, 1.165) is 24.1 Å². The number of hydrogen-bond acceptors (Lipinski definition) is 4. The van der Waals surface area contributed by atoms with Crippen molar-refractivity contribution < 1.29 is 8.91 Å². The van der Waals surface area contributed by atoms with Gasteiger partial charge in [-0.05, 0) is 56.0 Å². The Morgan fingerprint density at radius 3 is 3.00 bits per heavy atom. The lowest BCUT2D eigenvalue weighted by Crippen LogP contribution is -2.33. The van der Waals surface area contributed by atoms with Crippen LogP contribution in [0.5, 0.6) is 0 Å². The van der Waals surface area contributed by atoms with Gasteiger partial charge in [0.05, 0.1) is 6.04 Å². The van der Waals surface area contributed by atoms with E-state index in [1.165, 1.54) is 18.6 Å². The minimum Gasteiger partial charge on any atom is -0.337 e. The molecular weight excluding hydrogens is 257 g/mol. The number of hydrogen-bond donors (Lipinski definition) is 1. The third kappa shape index (κ3) is 2.45. The number of halogens is 1. The van der Waals surface area contributed by atoms with Gasteiger partial charge in [-0.2, -0.15) is 4.98 Å². The van der Waals surface area contributed by atoms with E-state index < -0.39 is 0 Å². The molecule has 1 aliphatic heterocycles. The summed E-state index contributed by atoms with van der Waals surface area (Å²) in [7, 11) is 0. The Kier molecular flexibility index (Phi) is 3.53. The summed E-state index contributed by atoms with van der Waals surface area (Å²) in [6, 6.07) is 4.70. The van der Waals surface area contributed by atoms with Crippen LogP contribution in [0.1, 0.15) is 37.3 Å². The van der Waals surface area contributed by atoms with Gasteiger partial charge >= 0.3 is 0 Å². The molecule has 1 aromatic carbocycles. The van der Waals surface area contributed by atoms with Crippen molar-refractivity contribution in [3.05, 3.63) is 35.5 Å². The molecule has 2 unspecified atom stereocenters. The molecule has 0 saturated carbocycles. The van der Waals surface area contributed by atoms with Crippen molar-refractivity contribution in [3.8, 4) is 11.4 Å². The predicted molar refractivity (Wildman–Crippen MR) is 73.6 cm³/mol. The molecule has 4 nitrogen and oxygen atoms in total. The summed E-state index contributed by atoms with van der Waals surface area (Å²) in [5.41, 5.74) is 1.62. The number of aryl methyl sites for hydroxylation is 1. The fourth-order valence-corrected chi connectivity index (χ4v) is 2.73. The third-order valence-corrected chi connectivity index (χ3v) is 3.91. The second-order valence-corrected chi connectivity index (χ2v) is 5.47. The lowest BCUT2D eigenvalue weighted by molar-refractivity contribution is 0.239. The molecule has 2 heterocycles. The molecule has 3 rings (SSSR count). The summed E-state index contributed by atoms with van der Waals surface area (Å²) in [4.78, 5) is 4.48. The fraction of sp³-hybridized carbons (Fsp3) is 0.467. The number of rotatable bonds is 2. The second kappa shape index (κ2) is 5.32. The van der Waals surface area contributed by atoms with Gasteiger partial charge in [0.1, 0.15) is 5.82 Å². The average Bonchev–Trinajstić information content (AvgIpc) is 2.88. The van der Waals surface area contributed by atoms with Crippen molar-refractivity contribution in [3.63, 3.8) is 0 Å². The van der Waals surface area contributed by atoms with Crippen LogP contribution < -0.4 is 5.32 Å². The van der Waals surface area contributed by atoms with Gasteiger partial charge < -0.3 is 9.84 Å². The summed E-state index contributed by atoms with van der Waals surface area (Å²) in [6.07, 6.45) is 2.33. The standard InChI is InChI=1S/C15H18FN3O/c1-9-4-3-7-17-13(9)15-18-14(19-20-15)12-6-5-11(16)8-10(12)2/h5-6,8-9,13,17H,3-4,7H2,1-2H3. The summed E-state index contributed by atoms with van der Waals surface area (Å²) in [5, 5.41) is 7.46. The molecule has 2 aromatic rings. The van der Waals surface area contributed by atoms with Crippen LogP contribution in [0.4, 0.5) is 4.39 Å². The summed E-state index contributed by atoms with van der Waals surface area (Å²) >= 11 is 0. The first-order valence-corrected chi connectivity index (χ1v) is 6.98. The third-order valence-electron chi connectivity index (χ3n) is 3.91. The van der Waals surface area contributed by atoms with Crippen molar-refractivity contribution in [1.29, 1.82) is 0 Å². The first-order chi connectivity index (χ1) is 9.65. The maximum atomic E-state index is 13.1. The molecule has 20 heavy (non-hydrogen) atoms. The average molecular weight is 275 g/mol. The van der Waals surface area contributed by atoms with E-state index in [0.29, 0.717) is 17.6 Å². The van der Waals surface area contributed by atoms with E-state index in [1.54, 1.807) is 6.07 Å². The molecule has 0 radical (unpaired) electrons. The Hall–Kier alpha value is -1.75. The fourth-order valence-electron chi connectivity index (χ4n) is 2.73. The molecule has 2 atom stereocenters. The van der Waals surface area contributed by atoms with Crippen LogP contribution in [0.15, 0.2) is 22.7 Å². The summed E-state index contributed by atoms with van der Waals surface area (Å²) < 4.78 is 18.5. The Labute approximate surface area is 117 Å². The summed E-state index contributed by atoms with van der Waals surface area (Å²) in [5.74, 6) is 1.37. The van der Waals surface area contributed by atoms with Gasteiger partial charge in [-0.25, -0.2) is 4.39 Å². The highest BCUT2D eigenvalue weighted by Crippen LogP contribution is 2.29. The zero-order valence-electron chi connectivity index (χ0n) is 11.7. The maximum Gasteiger partial charge on any atom is 0.244 e. The van der Waals surface area contributed by atoms with Gasteiger partial charge in [0.25, 0.3) is 0 Å². The number of nitrogens with zero attached hydrogens (tertiary/aromatic N) is 2. The molecule has 1 fully saturated rings. The van der Waals surface area contributed by atoms with Crippen LogP contribution in [-0.2, 0) is 0 Å². The number of aromatic nitrogens is 2. The molecule has 0 bridgehead atoms. The molecule has 106 valence electrons. The van der Waals surface area contributed by atoms with E-state index >= 15 is 0 Å². The van der Waals surface area contributed by atoms with E-state index in [-0.39, 0.29) is 11.9 Å². The Morgan fingerprint density at radius 1 is 1.40 bits per heavy atom. The molecule has 1 aromatic heterocycles. The molecule has 1 saturated heterocycles. The zero-order valence-corrected chi connectivity index (χ0v) is 11.7. The van der Waals surface area contributed by atoms with Crippen LogP contribution in [0.25, 0.3) is 11.4 Å². The first kappa shape index (κ1) is 13.2. The molecule has 1 aliphatic rings. The zero-order chi connectivity index (χ0) is 14.1. The van der Waals surface area contributed by atoms with Crippen LogP contribution in [-0.4, -0.2) is 16.7 Å². The van der Waals surface area contributed by atoms with Crippen molar-refractivity contribution >= 4 is 0 Å². The van der Waals surface area contributed by atoms with Gasteiger partial charge in [-0.3, -0.25) is 0 Å². The predicted octanol–water partition coefficient (Wildman–Crippen LogP) is 3.24. The Morgan fingerprint density at radius 2 is 2.25 bits per heavy atom. The van der Waals surface area contributed by atoms with Crippen LogP contribution in [0.3, 0.4) is 0 Å². The van der Waals surface area contributed by atoms with E-state index in [9.17, 15) is 4.39 Å². The van der Waals surface area contributed by atoms with Crippen LogP contribution >= 0.6 is 0 Å². The highest BCUT2D eigenvalue weighted by molar-refractivity contribution is 5.59. The smallest absolute Gasteiger partial charge is 0.244 e. The highest BCUT2D eigenvalue weighted by Gasteiger charge is 2.27. The Bertz CT molecular complexity index is 611. The maximum absolute atomic E-state index is 13.1.